The Morgan fingerprint density at radius 2 is 0.944 bits per heavy atom. The van der Waals surface area contributed by atoms with Crippen molar-refractivity contribution < 1.29 is 9.59 Å². The van der Waals surface area contributed by atoms with E-state index in [9.17, 15) is 9.59 Å². The summed E-state index contributed by atoms with van der Waals surface area (Å²) in [7, 11) is 0. The van der Waals surface area contributed by atoms with Gasteiger partial charge in [-0.25, -0.2) is 0 Å². The molecular formula is C32H20N2O2. The lowest BCUT2D eigenvalue weighted by Gasteiger charge is -2.09. The Labute approximate surface area is 205 Å². The predicted molar refractivity (Wildman–Crippen MR) is 142 cm³/mol. The molecule has 0 bridgehead atoms. The van der Waals surface area contributed by atoms with E-state index < -0.39 is 0 Å². The van der Waals surface area contributed by atoms with Crippen molar-refractivity contribution in [1.82, 2.24) is 8.80 Å². The molecule has 0 fully saturated rings. The normalized spacial score (nSPS) is 15.4. The molecule has 2 aliphatic carbocycles. The molecule has 0 saturated carbocycles. The lowest BCUT2D eigenvalue weighted by atomic mass is 9.93. The minimum atomic E-state index is 0.143. The zero-order valence-electron chi connectivity index (χ0n) is 19.4. The Balaban J connectivity index is 1.63. The van der Waals surface area contributed by atoms with Crippen molar-refractivity contribution in [2.24, 2.45) is 0 Å². The third kappa shape index (κ3) is 2.38. The first kappa shape index (κ1) is 19.6. The molecule has 8 rings (SSSR count). The van der Waals surface area contributed by atoms with E-state index in [0.717, 1.165) is 65.2 Å². The molecule has 4 aromatic heterocycles. The molecule has 0 saturated heterocycles. The summed E-state index contributed by atoms with van der Waals surface area (Å²) in [5, 5.41) is 6.25. The molecule has 0 atom stereocenters. The van der Waals surface area contributed by atoms with Gasteiger partial charge < -0.3 is 8.80 Å². The fourth-order valence-electron chi connectivity index (χ4n) is 6.28. The number of hydrogen-bond acceptors (Lipinski definition) is 2. The molecule has 0 spiro atoms. The first-order valence-electron chi connectivity index (χ1n) is 12.2. The Kier molecular flexibility index (Phi) is 3.77. The van der Waals surface area contributed by atoms with Gasteiger partial charge in [0.05, 0.1) is 21.7 Å². The molecule has 6 aromatic rings. The summed E-state index contributed by atoms with van der Waals surface area (Å²) in [6.45, 7) is 0. The van der Waals surface area contributed by atoms with E-state index in [4.69, 9.17) is 0 Å². The maximum Gasteiger partial charge on any atom is 0.168 e. The lowest BCUT2D eigenvalue weighted by Crippen LogP contribution is -2.35. The summed E-state index contributed by atoms with van der Waals surface area (Å²) in [5.41, 5.74) is 5.64. The number of Topliss-reactive ketones (excluding diaryl/α,β-unsaturated/α-hetero) is 2. The fourth-order valence-corrected chi connectivity index (χ4v) is 6.28. The Morgan fingerprint density at radius 3 is 1.36 bits per heavy atom. The highest BCUT2D eigenvalue weighted by Crippen LogP contribution is 2.26. The smallest absolute Gasteiger partial charge is 0.168 e. The molecule has 4 heterocycles. The van der Waals surface area contributed by atoms with Crippen LogP contribution in [0.2, 0.25) is 0 Å². The summed E-state index contributed by atoms with van der Waals surface area (Å²) in [6, 6.07) is 24.2. The van der Waals surface area contributed by atoms with Gasteiger partial charge in [0, 0.05) is 57.6 Å². The molecule has 2 aromatic carbocycles. The molecule has 0 unspecified atom stereocenters. The molecule has 2 aliphatic rings. The van der Waals surface area contributed by atoms with Crippen molar-refractivity contribution in [2.75, 3.05) is 0 Å². The molecule has 170 valence electrons. The highest BCUT2D eigenvalue weighted by atomic mass is 16.1. The average Bonchev–Trinajstić information content (AvgIpc) is 3.42. The first-order chi connectivity index (χ1) is 17.7. The summed E-state index contributed by atoms with van der Waals surface area (Å²) in [5.74, 6) is 0.286. The summed E-state index contributed by atoms with van der Waals surface area (Å²) in [4.78, 5) is 26.4. The van der Waals surface area contributed by atoms with Gasteiger partial charge in [0.2, 0.25) is 0 Å². The number of fused-ring (bicyclic) bond motifs is 6. The van der Waals surface area contributed by atoms with E-state index in [0.29, 0.717) is 12.8 Å². The second-order valence-corrected chi connectivity index (χ2v) is 9.56. The molecule has 4 nitrogen and oxygen atoms in total. The Hall–Kier alpha value is -4.70. The summed E-state index contributed by atoms with van der Waals surface area (Å²) < 4.78 is 4.44. The zero-order valence-corrected chi connectivity index (χ0v) is 19.4. The van der Waals surface area contributed by atoms with Gasteiger partial charge in [0.25, 0.3) is 0 Å². The van der Waals surface area contributed by atoms with Crippen LogP contribution in [0.1, 0.15) is 24.0 Å². The lowest BCUT2D eigenvalue weighted by molar-refractivity contribution is -0.113. The fraction of sp³-hybridized carbons (Fsp3) is 0.0625. The van der Waals surface area contributed by atoms with Crippen molar-refractivity contribution in [1.29, 1.82) is 0 Å². The van der Waals surface area contributed by atoms with Crippen LogP contribution in [0.25, 0.3) is 45.1 Å². The number of hydrogen-bond donors (Lipinski definition) is 0. The molecule has 0 aliphatic heterocycles. The van der Waals surface area contributed by atoms with Gasteiger partial charge in [0.1, 0.15) is 0 Å². The molecular weight excluding hydrogens is 444 g/mol. The highest BCUT2D eigenvalue weighted by molar-refractivity contribution is 6.26. The monoisotopic (exact) mass is 464 g/mol. The van der Waals surface area contributed by atoms with Crippen molar-refractivity contribution in [3.05, 3.63) is 117 Å². The maximum atomic E-state index is 13.2. The van der Waals surface area contributed by atoms with Crippen LogP contribution < -0.4 is 21.1 Å². The van der Waals surface area contributed by atoms with Gasteiger partial charge in [-0.1, -0.05) is 72.8 Å². The molecule has 4 heteroatoms. The van der Waals surface area contributed by atoms with Crippen molar-refractivity contribution in [3.63, 3.8) is 0 Å². The van der Waals surface area contributed by atoms with Gasteiger partial charge in [-0.3, -0.25) is 9.59 Å². The molecule has 0 amide bonds. The average molecular weight is 465 g/mol. The number of ketones is 2. The Bertz CT molecular complexity index is 2000. The van der Waals surface area contributed by atoms with Gasteiger partial charge in [-0.2, -0.15) is 0 Å². The third-order valence-electron chi connectivity index (χ3n) is 7.71. The summed E-state index contributed by atoms with van der Waals surface area (Å²) in [6.07, 6.45) is 9.07. The van der Waals surface area contributed by atoms with Crippen LogP contribution in [0.3, 0.4) is 0 Å². The number of carbonyl (C=O) groups is 2. The summed E-state index contributed by atoms with van der Waals surface area (Å²) >= 11 is 0. The van der Waals surface area contributed by atoms with E-state index in [1.165, 1.54) is 0 Å². The van der Waals surface area contributed by atoms with Gasteiger partial charge in [0.15, 0.2) is 11.6 Å². The van der Waals surface area contributed by atoms with Crippen LogP contribution >= 0.6 is 0 Å². The number of rotatable bonds is 2. The van der Waals surface area contributed by atoms with Gasteiger partial charge in [-0.05, 0) is 23.3 Å². The second-order valence-electron chi connectivity index (χ2n) is 9.56. The highest BCUT2D eigenvalue weighted by Gasteiger charge is 2.25. The Morgan fingerprint density at radius 1 is 0.528 bits per heavy atom. The third-order valence-corrected chi connectivity index (χ3v) is 7.71. The van der Waals surface area contributed by atoms with Crippen LogP contribution in [0, 0.1) is 0 Å². The van der Waals surface area contributed by atoms with Crippen molar-refractivity contribution >= 4 is 56.7 Å². The van der Waals surface area contributed by atoms with Gasteiger partial charge in [-0.15, -0.1) is 0 Å². The predicted octanol–water partition coefficient (Wildman–Crippen LogP) is 2.69. The van der Waals surface area contributed by atoms with Crippen molar-refractivity contribution in [3.8, 4) is 0 Å². The molecule has 0 radical (unpaired) electrons. The zero-order chi connectivity index (χ0) is 24.0. The largest absolute Gasteiger partial charge is 0.314 e. The van der Waals surface area contributed by atoms with E-state index in [-0.39, 0.29) is 11.6 Å². The molecule has 0 N–H and O–H groups in total. The van der Waals surface area contributed by atoms with E-state index in [1.54, 1.807) is 0 Å². The van der Waals surface area contributed by atoms with E-state index in [2.05, 4.69) is 45.5 Å². The SMILES string of the molecule is O=C1CC=c2c(c3ccn4c5c(c6ccn2c3c64)=C(c2ccccc2)C(=O)CC=5)=C1c1ccccc1. The van der Waals surface area contributed by atoms with E-state index >= 15 is 0 Å². The van der Waals surface area contributed by atoms with Crippen LogP contribution in [0.5, 0.6) is 0 Å². The van der Waals surface area contributed by atoms with Gasteiger partial charge >= 0.3 is 0 Å². The number of carbonyl (C=O) groups excluding carboxylic acids is 2. The van der Waals surface area contributed by atoms with Crippen LogP contribution in [0.15, 0.2) is 85.2 Å². The molecule has 36 heavy (non-hydrogen) atoms. The number of pyridine rings is 2. The number of benzene rings is 2. The standard InChI is InChI=1S/C32H20N2O2/c35-25-13-11-23-29(27(25)19-7-3-1-4-8-19)21-15-17-34-24-12-14-26(36)28(20-9-5-2-6-10-20)30(24)22-16-18-33(23)31(21)32(22)34/h1-12,15-18H,13-14H2. The minimum Gasteiger partial charge on any atom is -0.314 e. The van der Waals surface area contributed by atoms with Crippen LogP contribution in [0.4, 0.5) is 0 Å². The van der Waals surface area contributed by atoms with Crippen LogP contribution in [-0.4, -0.2) is 20.4 Å². The second kappa shape index (κ2) is 6.92. The topological polar surface area (TPSA) is 43.0 Å². The minimum absolute atomic E-state index is 0.143. The quantitative estimate of drug-likeness (QED) is 0.396. The van der Waals surface area contributed by atoms with Crippen molar-refractivity contribution in [2.45, 2.75) is 12.8 Å². The number of aromatic nitrogens is 2. The first-order valence-corrected chi connectivity index (χ1v) is 12.2. The maximum absolute atomic E-state index is 13.2. The van der Waals surface area contributed by atoms with Crippen LogP contribution in [-0.2, 0) is 9.59 Å². The number of nitrogens with zero attached hydrogens (tertiary/aromatic N) is 2. The van der Waals surface area contributed by atoms with E-state index in [1.807, 2.05) is 60.7 Å².